The first-order chi connectivity index (χ1) is 15.0. The molecule has 1 aliphatic rings. The van der Waals surface area contributed by atoms with Crippen LogP contribution in [0.3, 0.4) is 0 Å². The number of carbonyl (C=O) groups is 2. The van der Waals surface area contributed by atoms with Gasteiger partial charge in [0, 0.05) is 5.69 Å². The van der Waals surface area contributed by atoms with Crippen LogP contribution in [0.2, 0.25) is 0 Å². The lowest BCUT2D eigenvalue weighted by molar-refractivity contribution is -0.120. The summed E-state index contributed by atoms with van der Waals surface area (Å²) in [6.45, 7) is 4.00. The first kappa shape index (κ1) is 20.4. The number of hydrogen-bond acceptors (Lipinski definition) is 4. The van der Waals surface area contributed by atoms with Gasteiger partial charge in [0.15, 0.2) is 0 Å². The fourth-order valence-electron chi connectivity index (χ4n) is 3.68. The Kier molecular flexibility index (Phi) is 5.58. The van der Waals surface area contributed by atoms with E-state index in [1.807, 2.05) is 67.6 Å². The van der Waals surface area contributed by atoms with Crippen LogP contribution in [-0.4, -0.2) is 18.9 Å². The number of methoxy groups -OCH3 is 1. The van der Waals surface area contributed by atoms with Crippen LogP contribution in [-0.2, 0) is 16.0 Å². The van der Waals surface area contributed by atoms with E-state index in [2.05, 4.69) is 12.2 Å². The molecule has 5 nitrogen and oxygen atoms in total. The Hall–Kier alpha value is -3.86. The molecule has 31 heavy (non-hydrogen) atoms. The normalized spacial score (nSPS) is 13.7. The molecule has 0 bridgehead atoms. The van der Waals surface area contributed by atoms with Crippen molar-refractivity contribution in [2.75, 3.05) is 17.3 Å². The molecule has 1 N–H and O–H groups in total. The molecule has 3 aromatic carbocycles. The molecule has 0 radical (unpaired) electrons. The Balaban J connectivity index is 1.82. The zero-order valence-corrected chi connectivity index (χ0v) is 17.8. The van der Waals surface area contributed by atoms with Gasteiger partial charge in [-0.05, 0) is 54.3 Å². The molecule has 3 aromatic rings. The molecule has 2 amide bonds. The molecule has 0 saturated carbocycles. The van der Waals surface area contributed by atoms with Gasteiger partial charge in [0.1, 0.15) is 11.4 Å². The van der Waals surface area contributed by atoms with Crippen LogP contribution in [0.4, 0.5) is 11.4 Å². The van der Waals surface area contributed by atoms with E-state index in [0.717, 1.165) is 17.7 Å². The molecule has 0 atom stereocenters. The minimum Gasteiger partial charge on any atom is -0.495 e. The van der Waals surface area contributed by atoms with Gasteiger partial charge in [0.05, 0.1) is 18.4 Å². The van der Waals surface area contributed by atoms with Crippen LogP contribution in [0, 0.1) is 6.92 Å². The Bertz CT molecular complexity index is 1170. The monoisotopic (exact) mass is 412 g/mol. The molecular weight excluding hydrogens is 388 g/mol. The summed E-state index contributed by atoms with van der Waals surface area (Å²) in [6, 6.07) is 22.5. The Morgan fingerprint density at radius 2 is 1.61 bits per heavy atom. The van der Waals surface area contributed by atoms with Gasteiger partial charge in [-0.25, -0.2) is 4.90 Å². The lowest BCUT2D eigenvalue weighted by atomic mass is 10.0. The number of hydrogen-bond donors (Lipinski definition) is 1. The zero-order chi connectivity index (χ0) is 22.0. The first-order valence-corrected chi connectivity index (χ1v) is 10.2. The Morgan fingerprint density at radius 1 is 0.903 bits per heavy atom. The fourth-order valence-corrected chi connectivity index (χ4v) is 3.68. The van der Waals surface area contributed by atoms with Crippen LogP contribution in [0.1, 0.15) is 23.6 Å². The summed E-state index contributed by atoms with van der Waals surface area (Å²) in [5.41, 5.74) is 4.58. The topological polar surface area (TPSA) is 58.6 Å². The van der Waals surface area contributed by atoms with Gasteiger partial charge in [-0.3, -0.25) is 9.59 Å². The van der Waals surface area contributed by atoms with E-state index in [1.165, 1.54) is 17.6 Å². The quantitative estimate of drug-likeness (QED) is 0.581. The molecule has 0 aliphatic carbocycles. The first-order valence-electron chi connectivity index (χ1n) is 10.2. The molecule has 0 fully saturated rings. The summed E-state index contributed by atoms with van der Waals surface area (Å²) in [4.78, 5) is 28.3. The van der Waals surface area contributed by atoms with Gasteiger partial charge >= 0.3 is 0 Å². The summed E-state index contributed by atoms with van der Waals surface area (Å²) in [7, 11) is 1.53. The molecule has 156 valence electrons. The number of benzene rings is 3. The van der Waals surface area contributed by atoms with E-state index >= 15 is 0 Å². The molecule has 5 heteroatoms. The minimum atomic E-state index is -0.410. The number of carbonyl (C=O) groups excluding carboxylic acids is 2. The van der Waals surface area contributed by atoms with Crippen molar-refractivity contribution in [2.45, 2.75) is 20.3 Å². The maximum absolute atomic E-state index is 13.5. The van der Waals surface area contributed by atoms with E-state index in [-0.39, 0.29) is 11.6 Å². The molecule has 0 aromatic heterocycles. The third-order valence-corrected chi connectivity index (χ3v) is 5.35. The number of anilines is 2. The zero-order valence-electron chi connectivity index (χ0n) is 17.8. The lowest BCUT2D eigenvalue weighted by Gasteiger charge is -2.19. The second-order valence-electron chi connectivity index (χ2n) is 7.41. The lowest BCUT2D eigenvalue weighted by Crippen LogP contribution is -2.32. The van der Waals surface area contributed by atoms with Crippen molar-refractivity contribution >= 4 is 28.8 Å². The fraction of sp³-hybridized carbons (Fsp3) is 0.154. The molecule has 0 saturated heterocycles. The van der Waals surface area contributed by atoms with E-state index in [9.17, 15) is 9.59 Å². The average Bonchev–Trinajstić information content (AvgIpc) is 3.04. The van der Waals surface area contributed by atoms with Gasteiger partial charge in [-0.1, -0.05) is 55.5 Å². The molecule has 1 aliphatic heterocycles. The van der Waals surface area contributed by atoms with E-state index < -0.39 is 5.91 Å². The summed E-state index contributed by atoms with van der Waals surface area (Å²) < 4.78 is 5.44. The van der Waals surface area contributed by atoms with Crippen LogP contribution >= 0.6 is 0 Å². The van der Waals surface area contributed by atoms with Crippen molar-refractivity contribution in [1.29, 1.82) is 0 Å². The second-order valence-corrected chi connectivity index (χ2v) is 7.41. The predicted octanol–water partition coefficient (Wildman–Crippen LogP) is 4.96. The van der Waals surface area contributed by atoms with Crippen molar-refractivity contribution in [2.24, 2.45) is 0 Å². The predicted molar refractivity (Wildman–Crippen MR) is 123 cm³/mol. The van der Waals surface area contributed by atoms with Crippen molar-refractivity contribution in [3.05, 3.63) is 95.2 Å². The summed E-state index contributed by atoms with van der Waals surface area (Å²) >= 11 is 0. The van der Waals surface area contributed by atoms with Gasteiger partial charge in [0.25, 0.3) is 11.8 Å². The summed E-state index contributed by atoms with van der Waals surface area (Å²) in [5, 5.41) is 3.20. The van der Waals surface area contributed by atoms with Crippen molar-refractivity contribution in [1.82, 2.24) is 0 Å². The Labute approximate surface area is 182 Å². The molecule has 1 heterocycles. The van der Waals surface area contributed by atoms with Gasteiger partial charge in [0.2, 0.25) is 0 Å². The highest BCUT2D eigenvalue weighted by atomic mass is 16.5. The van der Waals surface area contributed by atoms with Crippen LogP contribution in [0.5, 0.6) is 5.75 Å². The van der Waals surface area contributed by atoms with E-state index in [0.29, 0.717) is 22.6 Å². The summed E-state index contributed by atoms with van der Waals surface area (Å²) in [5.74, 6) is -0.326. The van der Waals surface area contributed by atoms with Crippen LogP contribution in [0.25, 0.3) is 5.57 Å². The number of nitrogens with one attached hydrogen (secondary N) is 1. The number of aryl methyl sites for hydroxylation is 2. The highest BCUT2D eigenvalue weighted by Gasteiger charge is 2.41. The van der Waals surface area contributed by atoms with E-state index in [1.54, 1.807) is 12.1 Å². The third-order valence-electron chi connectivity index (χ3n) is 5.35. The minimum absolute atomic E-state index is 0.254. The number of nitrogens with zero attached hydrogens (tertiary/aromatic N) is 1. The SMILES string of the molecule is CCc1ccc(NC2=C(c3ccccc3)C(=O)N(c3cc(C)ccc3OC)C2=O)cc1. The highest BCUT2D eigenvalue weighted by Crippen LogP contribution is 2.38. The molecule has 4 rings (SSSR count). The summed E-state index contributed by atoms with van der Waals surface area (Å²) in [6.07, 6.45) is 0.927. The van der Waals surface area contributed by atoms with Crippen LogP contribution in [0.15, 0.2) is 78.5 Å². The van der Waals surface area contributed by atoms with Gasteiger partial charge in [-0.15, -0.1) is 0 Å². The molecule has 0 spiro atoms. The largest absolute Gasteiger partial charge is 0.495 e. The smallest absolute Gasteiger partial charge is 0.282 e. The van der Waals surface area contributed by atoms with Crippen molar-refractivity contribution in [3.8, 4) is 5.75 Å². The maximum atomic E-state index is 13.5. The third kappa shape index (κ3) is 3.82. The second kappa shape index (κ2) is 8.48. The van der Waals surface area contributed by atoms with Gasteiger partial charge in [-0.2, -0.15) is 0 Å². The standard InChI is InChI=1S/C26H24N2O3/c1-4-18-11-13-20(14-12-18)27-24-23(19-8-6-5-7-9-19)25(29)28(26(24)30)21-16-17(2)10-15-22(21)31-3/h5-16,27H,4H2,1-3H3. The number of ether oxygens (including phenoxy) is 1. The number of amides is 2. The average molecular weight is 412 g/mol. The van der Waals surface area contributed by atoms with Crippen molar-refractivity contribution in [3.63, 3.8) is 0 Å². The highest BCUT2D eigenvalue weighted by molar-refractivity contribution is 6.46. The molecular formula is C26H24N2O3. The number of rotatable bonds is 6. The maximum Gasteiger partial charge on any atom is 0.282 e. The van der Waals surface area contributed by atoms with Crippen molar-refractivity contribution < 1.29 is 14.3 Å². The number of imide groups is 1. The molecule has 0 unspecified atom stereocenters. The van der Waals surface area contributed by atoms with Crippen LogP contribution < -0.4 is 15.0 Å². The Morgan fingerprint density at radius 3 is 2.26 bits per heavy atom. The van der Waals surface area contributed by atoms with E-state index in [4.69, 9.17) is 4.74 Å². The van der Waals surface area contributed by atoms with Gasteiger partial charge < -0.3 is 10.1 Å².